The van der Waals surface area contributed by atoms with E-state index in [2.05, 4.69) is 21.0 Å². The first kappa shape index (κ1) is 20.2. The molecule has 0 N–H and O–H groups in total. The molecule has 2 fully saturated rings. The van der Waals surface area contributed by atoms with Crippen molar-refractivity contribution in [3.63, 3.8) is 0 Å². The molecule has 1 saturated carbocycles. The fourth-order valence-corrected chi connectivity index (χ4v) is 4.57. The van der Waals surface area contributed by atoms with Crippen molar-refractivity contribution >= 4 is 17.5 Å². The van der Waals surface area contributed by atoms with Gasteiger partial charge in [0, 0.05) is 30.4 Å². The van der Waals surface area contributed by atoms with Crippen LogP contribution in [0.25, 0.3) is 0 Å². The molecule has 2 aromatic heterocycles. The van der Waals surface area contributed by atoms with Crippen LogP contribution in [0.1, 0.15) is 60.8 Å². The van der Waals surface area contributed by atoms with E-state index in [1.807, 2.05) is 13.8 Å². The van der Waals surface area contributed by atoms with E-state index in [1.54, 1.807) is 23.7 Å². The Kier molecular flexibility index (Phi) is 6.11. The van der Waals surface area contributed by atoms with Gasteiger partial charge in [-0.2, -0.15) is 0 Å². The fourth-order valence-electron chi connectivity index (χ4n) is 4.39. The summed E-state index contributed by atoms with van der Waals surface area (Å²) in [5.41, 5.74) is 3.82. The molecule has 2 aliphatic rings. The number of halogens is 1. The van der Waals surface area contributed by atoms with Gasteiger partial charge in [0.2, 0.25) is 5.91 Å². The molecule has 1 amide bonds. The summed E-state index contributed by atoms with van der Waals surface area (Å²) in [7, 11) is 0. The Hall–Kier alpha value is -2.05. The van der Waals surface area contributed by atoms with Gasteiger partial charge in [0.25, 0.3) is 0 Å². The third-order valence-corrected chi connectivity index (χ3v) is 6.38. The van der Waals surface area contributed by atoms with Gasteiger partial charge < -0.3 is 0 Å². The van der Waals surface area contributed by atoms with Crippen LogP contribution in [0.4, 0.5) is 0 Å². The van der Waals surface area contributed by atoms with Crippen LogP contribution in [-0.2, 0) is 16.1 Å². The number of amides is 1. The maximum atomic E-state index is 13.1. The first-order chi connectivity index (χ1) is 14.0. The molecule has 0 bridgehead atoms. The maximum Gasteiger partial charge on any atom is 0.249 e. The highest BCUT2D eigenvalue weighted by Gasteiger charge is 2.38. The van der Waals surface area contributed by atoms with Gasteiger partial charge in [-0.1, -0.05) is 11.6 Å². The van der Waals surface area contributed by atoms with E-state index in [0.29, 0.717) is 12.5 Å². The molecule has 1 aliphatic carbocycles. The Labute approximate surface area is 176 Å². The Morgan fingerprint density at radius 1 is 1.07 bits per heavy atom. The summed E-state index contributed by atoms with van der Waals surface area (Å²) in [6.45, 7) is 4.44. The molecule has 0 unspecified atom stereocenters. The summed E-state index contributed by atoms with van der Waals surface area (Å²) in [5.74, 6) is 0.655. The molecule has 7 heteroatoms. The Morgan fingerprint density at radius 2 is 1.83 bits per heavy atom. The molecule has 1 aliphatic heterocycles. The summed E-state index contributed by atoms with van der Waals surface area (Å²) in [5, 5.41) is 2.30. The summed E-state index contributed by atoms with van der Waals surface area (Å²) in [4.78, 5) is 31.9. The van der Waals surface area contributed by atoms with Gasteiger partial charge in [-0.3, -0.25) is 24.6 Å². The number of carbonyl (C=O) groups is 1. The van der Waals surface area contributed by atoms with Crippen LogP contribution in [0.3, 0.4) is 0 Å². The predicted molar refractivity (Wildman–Crippen MR) is 110 cm³/mol. The van der Waals surface area contributed by atoms with E-state index in [-0.39, 0.29) is 17.9 Å². The monoisotopic (exact) mass is 414 g/mol. The second-order valence-corrected chi connectivity index (χ2v) is 8.63. The first-order valence-corrected chi connectivity index (χ1v) is 10.7. The largest absolute Gasteiger partial charge is 0.272 e. The minimum atomic E-state index is -0.132. The van der Waals surface area contributed by atoms with Crippen molar-refractivity contribution in [1.82, 2.24) is 20.0 Å². The van der Waals surface area contributed by atoms with Crippen molar-refractivity contribution in [3.05, 3.63) is 52.3 Å². The lowest BCUT2D eigenvalue weighted by atomic mass is 9.79. The molecule has 4 rings (SSSR count). The number of hydrogen-bond donors (Lipinski definition) is 0. The van der Waals surface area contributed by atoms with Crippen LogP contribution >= 0.6 is 11.6 Å². The van der Waals surface area contributed by atoms with Crippen LogP contribution in [0.2, 0.25) is 5.02 Å². The lowest BCUT2D eigenvalue weighted by Crippen LogP contribution is -2.37. The van der Waals surface area contributed by atoms with Gasteiger partial charge >= 0.3 is 0 Å². The lowest BCUT2D eigenvalue weighted by molar-refractivity contribution is -0.183. The molecule has 154 valence electrons. The molecule has 3 heterocycles. The molecule has 29 heavy (non-hydrogen) atoms. The zero-order chi connectivity index (χ0) is 20.4. The third-order valence-electron chi connectivity index (χ3n) is 6.04. The molecule has 0 radical (unpaired) electrons. The quantitative estimate of drug-likeness (QED) is 0.741. The predicted octanol–water partition coefficient (Wildman–Crippen LogP) is 4.40. The van der Waals surface area contributed by atoms with Crippen molar-refractivity contribution < 1.29 is 9.63 Å². The maximum absolute atomic E-state index is 13.1. The van der Waals surface area contributed by atoms with Gasteiger partial charge in [0.15, 0.2) is 0 Å². The Balaban J connectivity index is 1.36. The number of hydrogen-bond acceptors (Lipinski definition) is 5. The van der Waals surface area contributed by atoms with Crippen LogP contribution in [0, 0.1) is 25.7 Å². The number of pyridine rings is 1. The van der Waals surface area contributed by atoms with Gasteiger partial charge in [-0.15, -0.1) is 0 Å². The molecule has 1 atom stereocenters. The van der Waals surface area contributed by atoms with Crippen molar-refractivity contribution in [1.29, 1.82) is 0 Å². The van der Waals surface area contributed by atoms with Gasteiger partial charge in [0.1, 0.15) is 6.04 Å². The highest BCUT2D eigenvalue weighted by molar-refractivity contribution is 6.31. The zero-order valence-corrected chi connectivity index (χ0v) is 17.7. The van der Waals surface area contributed by atoms with Crippen LogP contribution in [0.5, 0.6) is 0 Å². The summed E-state index contributed by atoms with van der Waals surface area (Å²) < 4.78 is 0. The van der Waals surface area contributed by atoms with Gasteiger partial charge in [-0.05, 0) is 63.5 Å². The first-order valence-electron chi connectivity index (χ1n) is 10.4. The highest BCUT2D eigenvalue weighted by atomic mass is 35.5. The molecular weight excluding hydrogens is 388 g/mol. The molecule has 0 aromatic carbocycles. The van der Waals surface area contributed by atoms with E-state index in [1.165, 1.54) is 0 Å². The van der Waals surface area contributed by atoms with Crippen molar-refractivity contribution in [2.75, 3.05) is 6.61 Å². The normalized spacial score (nSPS) is 24.7. The Bertz CT molecular complexity index is 866. The highest BCUT2D eigenvalue weighted by Crippen LogP contribution is 2.37. The van der Waals surface area contributed by atoms with Gasteiger partial charge in [-0.25, -0.2) is 5.06 Å². The molecular formula is C22H27ClN4O2. The number of carbonyl (C=O) groups excluding carboxylic acids is 1. The topological polar surface area (TPSA) is 68.2 Å². The number of nitrogens with zero attached hydrogens (tertiary/aromatic N) is 4. The van der Waals surface area contributed by atoms with E-state index in [4.69, 9.17) is 16.4 Å². The smallest absolute Gasteiger partial charge is 0.249 e. The van der Waals surface area contributed by atoms with Crippen molar-refractivity contribution in [2.45, 2.75) is 58.4 Å². The van der Waals surface area contributed by atoms with Crippen LogP contribution in [-0.4, -0.2) is 32.5 Å². The van der Waals surface area contributed by atoms with Crippen molar-refractivity contribution in [3.8, 4) is 0 Å². The summed E-state index contributed by atoms with van der Waals surface area (Å²) in [6, 6.07) is 1.94. The standard InChI is InChI=1S/C22H27ClN4O2/c1-14-9-18(19(23)12-24-14)10-16-3-5-17(6-4-16)22(28)27-21(7-8-29-27)20-13-25-15(2)11-26-20/h9,11-13,16-17,21H,3-8,10H2,1-2H3/t16?,17?,21-/m0/s1. The fraction of sp³-hybridized carbons (Fsp3) is 0.545. The minimum absolute atomic E-state index is 0.0138. The van der Waals surface area contributed by atoms with Gasteiger partial charge in [0.05, 0.1) is 29.2 Å². The van der Waals surface area contributed by atoms with E-state index >= 15 is 0 Å². The molecule has 0 spiro atoms. The van der Waals surface area contributed by atoms with Crippen molar-refractivity contribution in [2.24, 2.45) is 11.8 Å². The van der Waals surface area contributed by atoms with E-state index < -0.39 is 0 Å². The summed E-state index contributed by atoms with van der Waals surface area (Å²) >= 11 is 6.31. The summed E-state index contributed by atoms with van der Waals surface area (Å²) in [6.07, 6.45) is 10.8. The third kappa shape index (κ3) is 4.59. The van der Waals surface area contributed by atoms with Crippen LogP contribution in [0.15, 0.2) is 24.7 Å². The second kappa shape index (κ2) is 8.76. The van der Waals surface area contributed by atoms with E-state index in [0.717, 1.165) is 66.2 Å². The van der Waals surface area contributed by atoms with E-state index in [9.17, 15) is 4.79 Å². The number of aryl methyl sites for hydroxylation is 2. The zero-order valence-electron chi connectivity index (χ0n) is 17.0. The average molecular weight is 415 g/mol. The molecule has 1 saturated heterocycles. The lowest BCUT2D eigenvalue weighted by Gasteiger charge is -2.31. The molecule has 2 aromatic rings. The second-order valence-electron chi connectivity index (χ2n) is 8.22. The Morgan fingerprint density at radius 3 is 2.55 bits per heavy atom. The number of rotatable bonds is 4. The number of hydroxylamine groups is 2. The molecule has 6 nitrogen and oxygen atoms in total. The minimum Gasteiger partial charge on any atom is -0.272 e. The SMILES string of the molecule is Cc1cnc([C@@H]2CCON2C(=O)C2CCC(Cc3cc(C)ncc3Cl)CC2)cn1. The number of aromatic nitrogens is 3. The van der Waals surface area contributed by atoms with Crippen LogP contribution < -0.4 is 0 Å². The average Bonchev–Trinajstić information content (AvgIpc) is 3.21.